The summed E-state index contributed by atoms with van der Waals surface area (Å²) in [5.74, 6) is 0. The molecule has 0 atom stereocenters. The first kappa shape index (κ1) is 12.2. The maximum absolute atomic E-state index is 12.6. The molecule has 0 saturated heterocycles. The highest BCUT2D eigenvalue weighted by Gasteiger charge is 2.33. The molecule has 2 aromatic rings. The highest BCUT2D eigenvalue weighted by Crippen LogP contribution is 2.33. The summed E-state index contributed by atoms with van der Waals surface area (Å²) in [6.45, 7) is 0. The topological polar surface area (TPSA) is 23.8 Å². The third kappa shape index (κ3) is 2.35. The van der Waals surface area contributed by atoms with Crippen LogP contribution in [0.3, 0.4) is 0 Å². The third-order valence-electron chi connectivity index (χ3n) is 2.55. The summed E-state index contributed by atoms with van der Waals surface area (Å²) in [4.78, 5) is 0. The number of halogens is 3. The third-order valence-corrected chi connectivity index (χ3v) is 2.55. The van der Waals surface area contributed by atoms with E-state index in [-0.39, 0.29) is 5.56 Å². The summed E-state index contributed by atoms with van der Waals surface area (Å²) in [5, 5.41) is 8.80. The minimum atomic E-state index is -4.50. The van der Waals surface area contributed by atoms with Crippen LogP contribution in [0.1, 0.15) is 11.1 Å². The monoisotopic (exact) mass is 247 g/mol. The van der Waals surface area contributed by atoms with Crippen molar-refractivity contribution in [3.63, 3.8) is 0 Å². The number of nitrogens with zero attached hydrogens (tertiary/aromatic N) is 1. The van der Waals surface area contributed by atoms with Crippen LogP contribution in [0.5, 0.6) is 0 Å². The van der Waals surface area contributed by atoms with E-state index in [1.165, 1.54) is 12.1 Å². The van der Waals surface area contributed by atoms with Crippen molar-refractivity contribution in [2.75, 3.05) is 0 Å². The van der Waals surface area contributed by atoms with E-state index in [0.717, 1.165) is 11.6 Å². The van der Waals surface area contributed by atoms with Crippen LogP contribution in [-0.4, -0.2) is 0 Å². The van der Waals surface area contributed by atoms with E-state index >= 15 is 0 Å². The molecule has 1 nitrogen and oxygen atoms in total. The van der Waals surface area contributed by atoms with Gasteiger partial charge >= 0.3 is 6.18 Å². The van der Waals surface area contributed by atoms with Crippen LogP contribution in [0.25, 0.3) is 11.1 Å². The summed E-state index contributed by atoms with van der Waals surface area (Å²) in [6.07, 6.45) is -4.50. The predicted molar refractivity (Wildman–Crippen MR) is 61.6 cm³/mol. The fraction of sp³-hybridized carbons (Fsp3) is 0.0714. The van der Waals surface area contributed by atoms with Crippen LogP contribution in [0.2, 0.25) is 0 Å². The van der Waals surface area contributed by atoms with Crippen LogP contribution in [0.15, 0.2) is 48.5 Å². The van der Waals surface area contributed by atoms with Crippen LogP contribution < -0.4 is 0 Å². The molecule has 0 fully saturated rings. The zero-order valence-corrected chi connectivity index (χ0v) is 9.20. The van der Waals surface area contributed by atoms with Crippen molar-refractivity contribution in [1.29, 1.82) is 5.26 Å². The average Bonchev–Trinajstić information content (AvgIpc) is 2.38. The van der Waals surface area contributed by atoms with Crippen molar-refractivity contribution in [1.82, 2.24) is 0 Å². The summed E-state index contributed by atoms with van der Waals surface area (Å²) < 4.78 is 37.9. The van der Waals surface area contributed by atoms with E-state index in [1.54, 1.807) is 30.3 Å². The molecule has 4 heteroatoms. The van der Waals surface area contributed by atoms with Gasteiger partial charge in [-0.25, -0.2) is 0 Å². The first-order chi connectivity index (χ1) is 8.52. The van der Waals surface area contributed by atoms with Gasteiger partial charge in [-0.3, -0.25) is 0 Å². The smallest absolute Gasteiger partial charge is 0.192 e. The van der Waals surface area contributed by atoms with Gasteiger partial charge in [0.25, 0.3) is 0 Å². The minimum absolute atomic E-state index is 0.358. The highest BCUT2D eigenvalue weighted by molar-refractivity contribution is 5.66. The van der Waals surface area contributed by atoms with Gasteiger partial charge in [0, 0.05) is 0 Å². The SMILES string of the molecule is N#Cc1cc(-c2ccccc2)ccc1C(F)(F)F. The van der Waals surface area contributed by atoms with E-state index in [9.17, 15) is 13.2 Å². The van der Waals surface area contributed by atoms with Gasteiger partial charge in [0.05, 0.1) is 17.2 Å². The second kappa shape index (κ2) is 4.53. The zero-order chi connectivity index (χ0) is 13.2. The molecule has 0 aliphatic carbocycles. The molecule has 0 amide bonds. The molecular weight excluding hydrogens is 239 g/mol. The van der Waals surface area contributed by atoms with Crippen molar-refractivity contribution < 1.29 is 13.2 Å². The molecule has 0 radical (unpaired) electrons. The van der Waals surface area contributed by atoms with Crippen LogP contribution >= 0.6 is 0 Å². The molecule has 0 aliphatic heterocycles. The van der Waals surface area contributed by atoms with Crippen molar-refractivity contribution in [3.05, 3.63) is 59.7 Å². The van der Waals surface area contributed by atoms with Crippen molar-refractivity contribution >= 4 is 0 Å². The lowest BCUT2D eigenvalue weighted by Gasteiger charge is -2.10. The zero-order valence-electron chi connectivity index (χ0n) is 9.20. The van der Waals surface area contributed by atoms with E-state index in [0.29, 0.717) is 5.56 Å². The van der Waals surface area contributed by atoms with Crippen molar-refractivity contribution in [2.24, 2.45) is 0 Å². The number of benzene rings is 2. The Hall–Kier alpha value is -2.28. The molecule has 0 aromatic heterocycles. The minimum Gasteiger partial charge on any atom is -0.192 e. The Morgan fingerprint density at radius 1 is 0.889 bits per heavy atom. The molecule has 0 heterocycles. The fourth-order valence-corrected chi connectivity index (χ4v) is 1.69. The largest absolute Gasteiger partial charge is 0.417 e. The number of alkyl halides is 3. The normalized spacial score (nSPS) is 11.0. The lowest BCUT2D eigenvalue weighted by molar-refractivity contribution is -0.137. The second-order valence-electron chi connectivity index (χ2n) is 3.74. The highest BCUT2D eigenvalue weighted by atomic mass is 19.4. The molecule has 0 bridgehead atoms. The van der Waals surface area contributed by atoms with Gasteiger partial charge in [-0.1, -0.05) is 36.4 Å². The fourth-order valence-electron chi connectivity index (χ4n) is 1.69. The molecule has 0 spiro atoms. The van der Waals surface area contributed by atoms with Gasteiger partial charge in [0.15, 0.2) is 0 Å². The Balaban J connectivity index is 2.54. The maximum Gasteiger partial charge on any atom is 0.417 e. The lowest BCUT2D eigenvalue weighted by atomic mass is 9.99. The lowest BCUT2D eigenvalue weighted by Crippen LogP contribution is -2.07. The average molecular weight is 247 g/mol. The van der Waals surface area contributed by atoms with E-state index in [4.69, 9.17) is 5.26 Å². The standard InChI is InChI=1S/C14H8F3N/c15-14(16,17)13-7-6-11(8-12(13)9-18)10-4-2-1-3-5-10/h1-8H. The van der Waals surface area contributed by atoms with Gasteiger partial charge in [0.2, 0.25) is 0 Å². The van der Waals surface area contributed by atoms with Gasteiger partial charge in [-0.05, 0) is 23.3 Å². The molecule has 0 saturated carbocycles. The first-order valence-corrected chi connectivity index (χ1v) is 5.19. The Morgan fingerprint density at radius 3 is 2.11 bits per heavy atom. The van der Waals surface area contributed by atoms with Gasteiger partial charge in [-0.15, -0.1) is 0 Å². The summed E-state index contributed by atoms with van der Waals surface area (Å²) in [6, 6.07) is 14.1. The number of hydrogen-bond acceptors (Lipinski definition) is 1. The predicted octanol–water partition coefficient (Wildman–Crippen LogP) is 4.24. The molecule has 18 heavy (non-hydrogen) atoms. The quantitative estimate of drug-likeness (QED) is 0.739. The molecule has 2 aromatic carbocycles. The number of nitriles is 1. The molecule has 0 aliphatic rings. The van der Waals surface area contributed by atoms with Crippen LogP contribution in [-0.2, 0) is 6.18 Å². The van der Waals surface area contributed by atoms with Gasteiger partial charge < -0.3 is 0 Å². The summed E-state index contributed by atoms with van der Waals surface area (Å²) >= 11 is 0. The van der Waals surface area contributed by atoms with Crippen LogP contribution in [0.4, 0.5) is 13.2 Å². The maximum atomic E-state index is 12.6. The Kier molecular flexibility index (Phi) is 3.07. The molecule has 0 N–H and O–H groups in total. The Labute approximate surface area is 102 Å². The van der Waals surface area contributed by atoms with Crippen LogP contribution in [0, 0.1) is 11.3 Å². The van der Waals surface area contributed by atoms with Gasteiger partial charge in [0.1, 0.15) is 0 Å². The van der Waals surface area contributed by atoms with Crippen molar-refractivity contribution in [2.45, 2.75) is 6.18 Å². The number of hydrogen-bond donors (Lipinski definition) is 0. The number of rotatable bonds is 1. The van der Waals surface area contributed by atoms with E-state index in [1.807, 2.05) is 6.07 Å². The van der Waals surface area contributed by atoms with Gasteiger partial charge in [-0.2, -0.15) is 18.4 Å². The first-order valence-electron chi connectivity index (χ1n) is 5.19. The van der Waals surface area contributed by atoms with Crippen molar-refractivity contribution in [3.8, 4) is 17.2 Å². The molecular formula is C14H8F3N. The molecule has 0 unspecified atom stereocenters. The summed E-state index contributed by atoms with van der Waals surface area (Å²) in [5.41, 5.74) is 0.122. The van der Waals surface area contributed by atoms with E-state index in [2.05, 4.69) is 0 Å². The van der Waals surface area contributed by atoms with E-state index < -0.39 is 11.7 Å². The molecule has 90 valence electrons. The Morgan fingerprint density at radius 2 is 1.56 bits per heavy atom. The molecule has 2 rings (SSSR count). The second-order valence-corrected chi connectivity index (χ2v) is 3.74. The Bertz CT molecular complexity index is 595. The summed E-state index contributed by atoms with van der Waals surface area (Å²) in [7, 11) is 0.